The third-order valence-electron chi connectivity index (χ3n) is 6.74. The Morgan fingerprint density at radius 1 is 0.939 bits per heavy atom. The number of carbonyl (C=O) groups excluding carboxylic acids is 1. The minimum atomic E-state index is -0.0812. The van der Waals surface area contributed by atoms with Gasteiger partial charge in [-0.1, -0.05) is 56.0 Å². The lowest BCUT2D eigenvalue weighted by atomic mass is 9.88. The zero-order chi connectivity index (χ0) is 21.8. The normalized spacial score (nSPS) is 21.3. The molecule has 0 aliphatic carbocycles. The summed E-state index contributed by atoms with van der Waals surface area (Å²) in [6.07, 6.45) is 5.70. The topological polar surface area (TPSA) is 54.5 Å². The molecule has 2 aromatic carbocycles. The molecule has 2 saturated heterocycles. The average molecular weight is 444 g/mol. The van der Waals surface area contributed by atoms with Crippen LogP contribution in [-0.4, -0.2) is 48.1 Å². The second-order valence-electron chi connectivity index (χ2n) is 8.73. The predicted molar refractivity (Wildman–Crippen MR) is 133 cm³/mol. The first-order chi connectivity index (χ1) is 15.8. The van der Waals surface area contributed by atoms with Gasteiger partial charge < -0.3 is 10.1 Å². The largest absolute Gasteiger partial charge is 0.381 e. The fourth-order valence-corrected chi connectivity index (χ4v) is 5.03. The van der Waals surface area contributed by atoms with E-state index in [4.69, 9.17) is 4.74 Å². The van der Waals surface area contributed by atoms with Crippen LogP contribution in [0.1, 0.15) is 31.7 Å². The predicted octanol–water partition coefficient (Wildman–Crippen LogP) is 5.22. The van der Waals surface area contributed by atoms with E-state index in [1.807, 2.05) is 48.7 Å². The minimum Gasteiger partial charge on any atom is -0.381 e. The van der Waals surface area contributed by atoms with E-state index in [1.165, 1.54) is 5.56 Å². The number of hydrogen-bond donors (Lipinski definition) is 1. The number of anilines is 1. The molecular formula is C28H33N3O2. The molecule has 3 heterocycles. The number of carbonyl (C=O) groups is 1. The number of amides is 1. The molecular weight excluding hydrogens is 410 g/mol. The molecule has 1 N–H and O–H groups in total. The number of aromatic nitrogens is 1. The Hall–Kier alpha value is -3.02. The summed E-state index contributed by atoms with van der Waals surface area (Å²) < 4.78 is 5.56. The van der Waals surface area contributed by atoms with Crippen molar-refractivity contribution in [2.45, 2.75) is 32.2 Å². The van der Waals surface area contributed by atoms with Crippen LogP contribution in [0, 0.1) is 5.92 Å². The van der Waals surface area contributed by atoms with Gasteiger partial charge in [-0.25, -0.2) is 0 Å². The van der Waals surface area contributed by atoms with Gasteiger partial charge in [-0.05, 0) is 42.2 Å². The minimum absolute atomic E-state index is 0. The van der Waals surface area contributed by atoms with Crippen molar-refractivity contribution in [1.82, 2.24) is 9.88 Å². The first-order valence-corrected chi connectivity index (χ1v) is 11.5. The molecule has 5 rings (SSSR count). The molecule has 2 atom stereocenters. The van der Waals surface area contributed by atoms with Gasteiger partial charge in [0, 0.05) is 61.9 Å². The number of benzene rings is 2. The summed E-state index contributed by atoms with van der Waals surface area (Å²) in [5, 5.41) is 3.21. The molecule has 5 nitrogen and oxygen atoms in total. The van der Waals surface area contributed by atoms with Crippen molar-refractivity contribution < 1.29 is 9.53 Å². The molecule has 2 fully saturated rings. The van der Waals surface area contributed by atoms with Gasteiger partial charge in [0.05, 0.1) is 5.92 Å². The highest BCUT2D eigenvalue weighted by Gasteiger charge is 2.41. The van der Waals surface area contributed by atoms with E-state index in [0.717, 1.165) is 56.0 Å². The zero-order valence-electron chi connectivity index (χ0n) is 18.2. The smallest absolute Gasteiger partial charge is 0.229 e. The van der Waals surface area contributed by atoms with E-state index >= 15 is 0 Å². The van der Waals surface area contributed by atoms with Gasteiger partial charge >= 0.3 is 0 Å². The quantitative estimate of drug-likeness (QED) is 0.588. The van der Waals surface area contributed by atoms with Gasteiger partial charge in [0.15, 0.2) is 0 Å². The van der Waals surface area contributed by atoms with Crippen molar-refractivity contribution in [2.75, 3.05) is 31.6 Å². The maximum Gasteiger partial charge on any atom is 0.229 e. The maximum absolute atomic E-state index is 13.5. The Kier molecular flexibility index (Phi) is 7.53. The van der Waals surface area contributed by atoms with Crippen LogP contribution < -0.4 is 5.32 Å². The fraction of sp³-hybridized carbons (Fsp3) is 0.357. The van der Waals surface area contributed by atoms with E-state index in [2.05, 4.69) is 39.5 Å². The highest BCUT2D eigenvalue weighted by Crippen LogP contribution is 2.36. The zero-order valence-corrected chi connectivity index (χ0v) is 18.2. The highest BCUT2D eigenvalue weighted by molar-refractivity contribution is 5.94. The van der Waals surface area contributed by atoms with Crippen LogP contribution in [-0.2, 0) is 9.53 Å². The molecule has 3 aromatic rings. The molecule has 5 heteroatoms. The summed E-state index contributed by atoms with van der Waals surface area (Å²) >= 11 is 0. The molecule has 0 spiro atoms. The second-order valence-corrected chi connectivity index (χ2v) is 8.73. The number of ether oxygens (including phenoxy) is 1. The summed E-state index contributed by atoms with van der Waals surface area (Å²) in [7, 11) is 0. The summed E-state index contributed by atoms with van der Waals surface area (Å²) in [5.41, 5.74) is 4.15. The SMILES string of the molecule is C.O=C(Nc1cccc(-c2cccnc2)c1)C1CN(C2CCOCC2)CC1c1ccccc1. The summed E-state index contributed by atoms with van der Waals surface area (Å²) in [6.45, 7) is 3.34. The molecule has 0 bridgehead atoms. The first-order valence-electron chi connectivity index (χ1n) is 11.5. The molecule has 33 heavy (non-hydrogen) atoms. The third-order valence-corrected chi connectivity index (χ3v) is 6.74. The van der Waals surface area contributed by atoms with Crippen molar-refractivity contribution in [3.63, 3.8) is 0 Å². The van der Waals surface area contributed by atoms with Gasteiger partial charge in [0.2, 0.25) is 5.91 Å². The third kappa shape index (κ3) is 5.32. The van der Waals surface area contributed by atoms with E-state index < -0.39 is 0 Å². The Morgan fingerprint density at radius 3 is 2.48 bits per heavy atom. The average Bonchev–Trinajstić information content (AvgIpc) is 3.32. The van der Waals surface area contributed by atoms with Crippen LogP contribution in [0.15, 0.2) is 79.1 Å². The highest BCUT2D eigenvalue weighted by atomic mass is 16.5. The van der Waals surface area contributed by atoms with Gasteiger partial charge in [-0.2, -0.15) is 0 Å². The van der Waals surface area contributed by atoms with Crippen LogP contribution >= 0.6 is 0 Å². The van der Waals surface area contributed by atoms with Crippen molar-refractivity contribution >= 4 is 11.6 Å². The summed E-state index contributed by atoms with van der Waals surface area (Å²) in [5.74, 6) is 0.208. The van der Waals surface area contributed by atoms with Crippen LogP contribution in [0.2, 0.25) is 0 Å². The fourth-order valence-electron chi connectivity index (χ4n) is 5.03. The van der Waals surface area contributed by atoms with E-state index in [-0.39, 0.29) is 25.2 Å². The number of likely N-dealkylation sites (tertiary alicyclic amines) is 1. The summed E-state index contributed by atoms with van der Waals surface area (Å²) in [6, 6.07) is 22.9. The summed E-state index contributed by atoms with van der Waals surface area (Å²) in [4.78, 5) is 20.2. The Morgan fingerprint density at radius 2 is 1.73 bits per heavy atom. The lowest BCUT2D eigenvalue weighted by Gasteiger charge is -2.31. The number of nitrogens with one attached hydrogen (secondary N) is 1. The van der Waals surface area contributed by atoms with Crippen molar-refractivity contribution in [2.24, 2.45) is 5.92 Å². The number of hydrogen-bond acceptors (Lipinski definition) is 4. The molecule has 2 aliphatic heterocycles. The van der Waals surface area contributed by atoms with Crippen LogP contribution in [0.3, 0.4) is 0 Å². The molecule has 2 aliphatic rings. The van der Waals surface area contributed by atoms with E-state index in [0.29, 0.717) is 6.04 Å². The number of nitrogens with zero attached hydrogens (tertiary/aromatic N) is 2. The molecule has 1 amide bonds. The van der Waals surface area contributed by atoms with Crippen LogP contribution in [0.4, 0.5) is 5.69 Å². The standard InChI is InChI=1S/C27H29N3O2.CH4/c31-27(29-23-10-4-8-21(16-23)22-9-5-13-28-17-22)26-19-30(24-11-14-32-15-12-24)18-25(26)20-6-2-1-3-7-20;/h1-10,13,16-17,24-26H,11-12,14-15,18-19H2,(H,29,31);1H4. The van der Waals surface area contributed by atoms with Crippen molar-refractivity contribution in [3.8, 4) is 11.1 Å². The van der Waals surface area contributed by atoms with Crippen LogP contribution in [0.25, 0.3) is 11.1 Å². The molecule has 1 aromatic heterocycles. The lowest BCUT2D eigenvalue weighted by molar-refractivity contribution is -0.120. The van der Waals surface area contributed by atoms with Gasteiger partial charge in [-0.15, -0.1) is 0 Å². The molecule has 0 saturated carbocycles. The van der Waals surface area contributed by atoms with Gasteiger partial charge in [-0.3, -0.25) is 14.7 Å². The van der Waals surface area contributed by atoms with Crippen molar-refractivity contribution in [1.29, 1.82) is 0 Å². The lowest BCUT2D eigenvalue weighted by Crippen LogP contribution is -2.38. The van der Waals surface area contributed by atoms with E-state index in [9.17, 15) is 4.79 Å². The maximum atomic E-state index is 13.5. The molecule has 172 valence electrons. The Bertz CT molecular complexity index is 1040. The monoisotopic (exact) mass is 443 g/mol. The number of pyridine rings is 1. The van der Waals surface area contributed by atoms with E-state index in [1.54, 1.807) is 6.20 Å². The van der Waals surface area contributed by atoms with Gasteiger partial charge in [0.25, 0.3) is 0 Å². The van der Waals surface area contributed by atoms with Crippen molar-refractivity contribution in [3.05, 3.63) is 84.7 Å². The van der Waals surface area contributed by atoms with Gasteiger partial charge in [0.1, 0.15) is 0 Å². The Balaban J connectivity index is 0.00000259. The molecule has 2 unspecified atom stereocenters. The van der Waals surface area contributed by atoms with Crippen LogP contribution in [0.5, 0.6) is 0 Å². The first kappa shape index (κ1) is 23.1. The number of rotatable bonds is 5. The molecule has 0 radical (unpaired) electrons. The Labute approximate surface area is 196 Å². The second kappa shape index (κ2) is 10.7.